The highest BCUT2D eigenvalue weighted by Crippen LogP contribution is 2.37. The first kappa shape index (κ1) is 28.6. The number of ether oxygens (including phenoxy) is 2. The van der Waals surface area contributed by atoms with Gasteiger partial charge in [-0.05, 0) is 58.4 Å². The molecule has 0 aromatic heterocycles. The molecule has 0 heterocycles. The minimum atomic E-state index is -0.342. The van der Waals surface area contributed by atoms with Crippen LogP contribution in [0.5, 0.6) is 5.75 Å². The predicted molar refractivity (Wildman–Crippen MR) is 165 cm³/mol. The Bertz CT molecular complexity index is 1300. The normalized spacial score (nSPS) is 10.5. The van der Waals surface area contributed by atoms with Gasteiger partial charge < -0.3 is 9.47 Å². The van der Waals surface area contributed by atoms with Crippen molar-refractivity contribution in [3.63, 3.8) is 0 Å². The van der Waals surface area contributed by atoms with Crippen LogP contribution in [0.3, 0.4) is 0 Å². The van der Waals surface area contributed by atoms with Gasteiger partial charge in [0.05, 0.1) is 13.2 Å². The SMILES string of the molecule is C=CC(=O)OCCCCCCCCOc1ccc(C(=C(c2ccccc2)c2ccccc2)c2ccccc2)cc1. The molecule has 40 heavy (non-hydrogen) atoms. The minimum Gasteiger partial charge on any atom is -0.494 e. The molecule has 0 amide bonds. The lowest BCUT2D eigenvalue weighted by Crippen LogP contribution is -2.01. The molecule has 0 unspecified atom stereocenters. The summed E-state index contributed by atoms with van der Waals surface area (Å²) >= 11 is 0. The molecule has 4 rings (SSSR count). The molecule has 0 fully saturated rings. The number of unbranched alkanes of at least 4 members (excludes halogenated alkanes) is 5. The average Bonchev–Trinajstić information content (AvgIpc) is 3.02. The third-order valence-corrected chi connectivity index (χ3v) is 6.80. The van der Waals surface area contributed by atoms with E-state index in [9.17, 15) is 4.79 Å². The van der Waals surface area contributed by atoms with E-state index in [0.717, 1.165) is 49.8 Å². The van der Waals surface area contributed by atoms with Crippen molar-refractivity contribution >= 4 is 17.1 Å². The largest absolute Gasteiger partial charge is 0.494 e. The first-order valence-corrected chi connectivity index (χ1v) is 14.2. The Balaban J connectivity index is 1.42. The fourth-order valence-corrected chi connectivity index (χ4v) is 4.78. The molecule has 3 nitrogen and oxygen atoms in total. The van der Waals surface area contributed by atoms with E-state index >= 15 is 0 Å². The molecule has 0 N–H and O–H groups in total. The van der Waals surface area contributed by atoms with Crippen molar-refractivity contribution in [2.75, 3.05) is 13.2 Å². The van der Waals surface area contributed by atoms with Gasteiger partial charge in [-0.25, -0.2) is 4.79 Å². The molecule has 4 aromatic carbocycles. The van der Waals surface area contributed by atoms with Gasteiger partial charge in [-0.1, -0.05) is 135 Å². The van der Waals surface area contributed by atoms with Crippen LogP contribution in [0.15, 0.2) is 128 Å². The van der Waals surface area contributed by atoms with Crippen LogP contribution in [0, 0.1) is 0 Å². The summed E-state index contributed by atoms with van der Waals surface area (Å²) in [6, 6.07) is 40.3. The van der Waals surface area contributed by atoms with Crippen molar-refractivity contribution in [1.29, 1.82) is 0 Å². The van der Waals surface area contributed by atoms with Gasteiger partial charge >= 0.3 is 5.97 Å². The fraction of sp³-hybridized carbons (Fsp3) is 0.216. The van der Waals surface area contributed by atoms with Crippen molar-refractivity contribution in [1.82, 2.24) is 0 Å². The zero-order chi connectivity index (χ0) is 27.8. The number of carbonyl (C=O) groups excluding carboxylic acids is 1. The Morgan fingerprint density at radius 2 is 0.925 bits per heavy atom. The second-order valence-electron chi connectivity index (χ2n) is 9.71. The molecule has 0 aliphatic carbocycles. The van der Waals surface area contributed by atoms with Crippen LogP contribution in [0.2, 0.25) is 0 Å². The standard InChI is InChI=1S/C37H38O3/c1-2-35(38)40-29-17-6-4-3-5-16-28-39-34-26-24-33(25-27-34)37(32-22-14-9-15-23-32)36(30-18-10-7-11-19-30)31-20-12-8-13-21-31/h2,7-15,18-27H,1,3-6,16-17,28-29H2. The number of esters is 1. The van der Waals surface area contributed by atoms with Crippen LogP contribution in [-0.2, 0) is 9.53 Å². The topological polar surface area (TPSA) is 35.5 Å². The quantitative estimate of drug-likeness (QED) is 0.0665. The molecule has 0 aliphatic heterocycles. The van der Waals surface area contributed by atoms with E-state index in [2.05, 4.69) is 122 Å². The fourth-order valence-electron chi connectivity index (χ4n) is 4.78. The number of rotatable bonds is 15. The molecular weight excluding hydrogens is 492 g/mol. The average molecular weight is 531 g/mol. The molecule has 0 saturated carbocycles. The Morgan fingerprint density at radius 1 is 0.525 bits per heavy atom. The molecule has 0 spiro atoms. The van der Waals surface area contributed by atoms with E-state index in [1.807, 2.05) is 0 Å². The van der Waals surface area contributed by atoms with Gasteiger partial charge in [0.1, 0.15) is 5.75 Å². The third-order valence-electron chi connectivity index (χ3n) is 6.80. The molecule has 0 bridgehead atoms. The monoisotopic (exact) mass is 530 g/mol. The smallest absolute Gasteiger partial charge is 0.330 e. The summed E-state index contributed by atoms with van der Waals surface area (Å²) in [7, 11) is 0. The van der Waals surface area contributed by atoms with Crippen molar-refractivity contribution in [2.45, 2.75) is 38.5 Å². The number of carbonyl (C=O) groups is 1. The lowest BCUT2D eigenvalue weighted by Gasteiger charge is -2.18. The Labute approximate surface area is 238 Å². The first-order valence-electron chi connectivity index (χ1n) is 14.2. The summed E-state index contributed by atoms with van der Waals surface area (Å²) in [5.74, 6) is 0.548. The lowest BCUT2D eigenvalue weighted by atomic mass is 9.86. The van der Waals surface area contributed by atoms with Crippen LogP contribution in [0.1, 0.15) is 60.8 Å². The van der Waals surface area contributed by atoms with Crippen LogP contribution < -0.4 is 4.74 Å². The Kier molecular flexibility index (Phi) is 11.4. The lowest BCUT2D eigenvalue weighted by molar-refractivity contribution is -0.137. The maximum Gasteiger partial charge on any atom is 0.330 e. The summed E-state index contributed by atoms with van der Waals surface area (Å²) in [6.45, 7) is 4.59. The minimum absolute atomic E-state index is 0.342. The van der Waals surface area contributed by atoms with Crippen molar-refractivity contribution in [3.8, 4) is 5.75 Å². The van der Waals surface area contributed by atoms with Crippen LogP contribution in [-0.4, -0.2) is 19.2 Å². The number of benzene rings is 4. The molecule has 4 aromatic rings. The summed E-state index contributed by atoms with van der Waals surface area (Å²) in [5.41, 5.74) is 7.11. The number of hydrogen-bond donors (Lipinski definition) is 0. The zero-order valence-electron chi connectivity index (χ0n) is 23.1. The summed E-state index contributed by atoms with van der Waals surface area (Å²) in [4.78, 5) is 11.0. The van der Waals surface area contributed by atoms with E-state index in [1.54, 1.807) is 0 Å². The number of hydrogen-bond acceptors (Lipinski definition) is 3. The van der Waals surface area contributed by atoms with Crippen molar-refractivity contribution in [2.24, 2.45) is 0 Å². The van der Waals surface area contributed by atoms with Gasteiger partial charge in [0.25, 0.3) is 0 Å². The molecular formula is C37H38O3. The van der Waals surface area contributed by atoms with Gasteiger partial charge in [0.2, 0.25) is 0 Å². The highest BCUT2D eigenvalue weighted by atomic mass is 16.5. The van der Waals surface area contributed by atoms with Crippen molar-refractivity contribution in [3.05, 3.63) is 150 Å². The van der Waals surface area contributed by atoms with Gasteiger partial charge in [-0.3, -0.25) is 0 Å². The van der Waals surface area contributed by atoms with E-state index in [1.165, 1.54) is 33.9 Å². The summed E-state index contributed by atoms with van der Waals surface area (Å²) in [5, 5.41) is 0. The summed E-state index contributed by atoms with van der Waals surface area (Å²) < 4.78 is 11.1. The molecule has 0 radical (unpaired) electrons. The van der Waals surface area contributed by atoms with E-state index < -0.39 is 0 Å². The van der Waals surface area contributed by atoms with Gasteiger partial charge in [0.15, 0.2) is 0 Å². The Morgan fingerprint density at radius 3 is 1.38 bits per heavy atom. The van der Waals surface area contributed by atoms with Crippen LogP contribution in [0.4, 0.5) is 0 Å². The second-order valence-corrected chi connectivity index (χ2v) is 9.71. The van der Waals surface area contributed by atoms with E-state index in [0.29, 0.717) is 13.2 Å². The molecule has 0 aliphatic rings. The predicted octanol–water partition coefficient (Wildman–Crippen LogP) is 9.14. The van der Waals surface area contributed by atoms with E-state index in [4.69, 9.17) is 9.47 Å². The summed E-state index contributed by atoms with van der Waals surface area (Å²) in [6.07, 6.45) is 7.62. The highest BCUT2D eigenvalue weighted by molar-refractivity contribution is 6.04. The zero-order valence-corrected chi connectivity index (χ0v) is 23.1. The van der Waals surface area contributed by atoms with Crippen LogP contribution >= 0.6 is 0 Å². The third kappa shape index (κ3) is 8.57. The van der Waals surface area contributed by atoms with Gasteiger partial charge in [0, 0.05) is 6.08 Å². The molecule has 0 saturated heterocycles. The second kappa shape index (κ2) is 15.9. The highest BCUT2D eigenvalue weighted by Gasteiger charge is 2.16. The Hall–Kier alpha value is -4.37. The molecule has 0 atom stereocenters. The maximum atomic E-state index is 11.0. The first-order chi connectivity index (χ1) is 19.8. The van der Waals surface area contributed by atoms with Gasteiger partial charge in [-0.2, -0.15) is 0 Å². The van der Waals surface area contributed by atoms with Gasteiger partial charge in [-0.15, -0.1) is 0 Å². The van der Waals surface area contributed by atoms with E-state index in [-0.39, 0.29) is 5.97 Å². The van der Waals surface area contributed by atoms with Crippen LogP contribution in [0.25, 0.3) is 11.1 Å². The maximum absolute atomic E-state index is 11.0. The molecule has 204 valence electrons. The van der Waals surface area contributed by atoms with Crippen molar-refractivity contribution < 1.29 is 14.3 Å². The molecule has 3 heteroatoms.